The molecule has 0 aliphatic rings. The number of hydrogen-bond donors (Lipinski definition) is 2. The smallest absolute Gasteiger partial charge is 0.433 e. The molecule has 0 radical (unpaired) electrons. The average Bonchev–Trinajstić information content (AvgIpc) is 2.74. The Bertz CT molecular complexity index is 610. The number of nitrogens with zero attached hydrogens (tertiary/aromatic N) is 3. The van der Waals surface area contributed by atoms with Crippen LogP contribution in [0.15, 0.2) is 16.7 Å². The molecule has 0 aromatic carbocycles. The van der Waals surface area contributed by atoms with Crippen molar-refractivity contribution in [2.24, 2.45) is 0 Å². The lowest BCUT2D eigenvalue weighted by molar-refractivity contribution is -0.141. The van der Waals surface area contributed by atoms with Gasteiger partial charge < -0.3 is 15.5 Å². The second-order valence-corrected chi connectivity index (χ2v) is 4.17. The summed E-state index contributed by atoms with van der Waals surface area (Å²) in [5.74, 6) is 0.436. The molecule has 2 rings (SSSR count). The zero-order valence-electron chi connectivity index (χ0n) is 10.7. The van der Waals surface area contributed by atoms with Crippen molar-refractivity contribution in [3.05, 3.63) is 29.6 Å². The van der Waals surface area contributed by atoms with Gasteiger partial charge in [-0.05, 0) is 13.8 Å². The number of aryl methyl sites for hydroxylation is 1. The van der Waals surface area contributed by atoms with Gasteiger partial charge in [-0.3, -0.25) is 0 Å². The van der Waals surface area contributed by atoms with Crippen molar-refractivity contribution in [3.63, 3.8) is 0 Å². The summed E-state index contributed by atoms with van der Waals surface area (Å²) in [6, 6.07) is 0.321. The third-order valence-corrected chi connectivity index (χ3v) is 2.41. The number of alkyl halides is 3. The summed E-state index contributed by atoms with van der Waals surface area (Å²) in [7, 11) is 0. The van der Waals surface area contributed by atoms with E-state index in [9.17, 15) is 13.2 Å². The van der Waals surface area contributed by atoms with Crippen LogP contribution < -0.4 is 11.1 Å². The second-order valence-electron chi connectivity index (χ2n) is 4.17. The van der Waals surface area contributed by atoms with Crippen LogP contribution in [0, 0.1) is 6.92 Å². The summed E-state index contributed by atoms with van der Waals surface area (Å²) in [4.78, 5) is 10.8. The van der Waals surface area contributed by atoms with Gasteiger partial charge in [-0.2, -0.15) is 18.2 Å². The Morgan fingerprint density at radius 2 is 2.05 bits per heavy atom. The second kappa shape index (κ2) is 4.99. The van der Waals surface area contributed by atoms with E-state index in [0.717, 1.165) is 6.07 Å². The maximum Gasteiger partial charge on any atom is 0.433 e. The molecule has 2 aromatic rings. The number of aromatic nitrogens is 3. The number of rotatable bonds is 3. The highest BCUT2D eigenvalue weighted by Crippen LogP contribution is 2.30. The molecule has 2 aromatic heterocycles. The highest BCUT2D eigenvalue weighted by Gasteiger charge is 2.33. The van der Waals surface area contributed by atoms with Crippen LogP contribution in [0.25, 0.3) is 0 Å². The Kier molecular flexibility index (Phi) is 3.51. The molecule has 2 heterocycles. The topological polar surface area (TPSA) is 89.9 Å². The Morgan fingerprint density at radius 3 is 2.60 bits per heavy atom. The van der Waals surface area contributed by atoms with E-state index in [0.29, 0.717) is 11.7 Å². The standard InChI is InChI=1S/C11H12F3N5O/c1-5-4-16-9(20-5)6(2)17-8-3-7(11(12,13)14)18-10(15)19-8/h3-4,6H,1-2H3,(H3,15,17,18,19). The molecule has 1 unspecified atom stereocenters. The van der Waals surface area contributed by atoms with E-state index in [-0.39, 0.29) is 5.82 Å². The largest absolute Gasteiger partial charge is 0.444 e. The predicted octanol–water partition coefficient (Wildman–Crippen LogP) is 2.55. The molecule has 1 atom stereocenters. The summed E-state index contributed by atoms with van der Waals surface area (Å²) in [6.07, 6.45) is -3.07. The van der Waals surface area contributed by atoms with Crippen LogP contribution in [0.5, 0.6) is 0 Å². The van der Waals surface area contributed by atoms with E-state index < -0.39 is 23.9 Å². The Balaban J connectivity index is 2.23. The van der Waals surface area contributed by atoms with E-state index in [1.54, 1.807) is 13.8 Å². The highest BCUT2D eigenvalue weighted by atomic mass is 19.4. The minimum atomic E-state index is -4.59. The van der Waals surface area contributed by atoms with Crippen molar-refractivity contribution in [2.45, 2.75) is 26.1 Å². The lowest BCUT2D eigenvalue weighted by Crippen LogP contribution is -2.14. The van der Waals surface area contributed by atoms with Crippen LogP contribution in [-0.2, 0) is 6.18 Å². The van der Waals surface area contributed by atoms with Crippen molar-refractivity contribution < 1.29 is 17.6 Å². The molecule has 0 amide bonds. The number of oxazole rings is 1. The quantitative estimate of drug-likeness (QED) is 0.901. The van der Waals surface area contributed by atoms with Gasteiger partial charge in [0.1, 0.15) is 17.6 Å². The van der Waals surface area contributed by atoms with Crippen LogP contribution in [0.2, 0.25) is 0 Å². The molecule has 0 spiro atoms. The molecule has 0 fully saturated rings. The first-order valence-corrected chi connectivity index (χ1v) is 5.66. The SMILES string of the molecule is Cc1cnc(C(C)Nc2cc(C(F)(F)F)nc(N)n2)o1. The van der Waals surface area contributed by atoms with Gasteiger partial charge in [0.15, 0.2) is 5.69 Å². The van der Waals surface area contributed by atoms with Crippen LogP contribution in [0.1, 0.15) is 30.3 Å². The number of anilines is 2. The molecule has 0 saturated carbocycles. The molecule has 0 aliphatic heterocycles. The Labute approximate surface area is 112 Å². The number of nitrogens with one attached hydrogen (secondary N) is 1. The first-order valence-electron chi connectivity index (χ1n) is 5.66. The molecule has 0 saturated heterocycles. The molecule has 9 heteroatoms. The minimum absolute atomic E-state index is 0.0480. The van der Waals surface area contributed by atoms with Crippen molar-refractivity contribution >= 4 is 11.8 Å². The lowest BCUT2D eigenvalue weighted by atomic mass is 10.3. The normalized spacial score (nSPS) is 13.2. The van der Waals surface area contributed by atoms with Gasteiger partial charge in [-0.25, -0.2) is 9.97 Å². The van der Waals surface area contributed by atoms with E-state index >= 15 is 0 Å². The van der Waals surface area contributed by atoms with Gasteiger partial charge in [0.25, 0.3) is 0 Å². The van der Waals surface area contributed by atoms with Gasteiger partial charge in [-0.1, -0.05) is 0 Å². The van der Waals surface area contributed by atoms with Crippen LogP contribution in [0.3, 0.4) is 0 Å². The molecular formula is C11H12F3N5O. The fraction of sp³-hybridized carbons (Fsp3) is 0.364. The van der Waals surface area contributed by atoms with E-state index in [1.807, 2.05) is 0 Å². The third-order valence-electron chi connectivity index (χ3n) is 2.41. The summed E-state index contributed by atoms with van der Waals surface area (Å²) >= 11 is 0. The van der Waals surface area contributed by atoms with Gasteiger partial charge in [-0.15, -0.1) is 0 Å². The maximum atomic E-state index is 12.6. The first kappa shape index (κ1) is 14.1. The molecule has 20 heavy (non-hydrogen) atoms. The number of hydrogen-bond acceptors (Lipinski definition) is 6. The molecular weight excluding hydrogens is 275 g/mol. The minimum Gasteiger partial charge on any atom is -0.444 e. The van der Waals surface area contributed by atoms with Crippen LogP contribution >= 0.6 is 0 Å². The average molecular weight is 287 g/mol. The van der Waals surface area contributed by atoms with E-state index in [4.69, 9.17) is 10.2 Å². The fourth-order valence-electron chi connectivity index (χ4n) is 1.54. The lowest BCUT2D eigenvalue weighted by Gasteiger charge is -2.13. The Hall–Kier alpha value is -2.32. The van der Waals surface area contributed by atoms with Crippen molar-refractivity contribution in [2.75, 3.05) is 11.1 Å². The molecule has 0 bridgehead atoms. The first-order chi connectivity index (χ1) is 9.25. The van der Waals surface area contributed by atoms with Crippen molar-refractivity contribution in [3.8, 4) is 0 Å². The van der Waals surface area contributed by atoms with E-state index in [1.165, 1.54) is 6.20 Å². The molecule has 3 N–H and O–H groups in total. The fourth-order valence-corrected chi connectivity index (χ4v) is 1.54. The van der Waals surface area contributed by atoms with E-state index in [2.05, 4.69) is 20.3 Å². The summed E-state index contributed by atoms with van der Waals surface area (Å²) < 4.78 is 43.1. The molecule has 0 aliphatic carbocycles. The van der Waals surface area contributed by atoms with Crippen molar-refractivity contribution in [1.82, 2.24) is 15.0 Å². The monoisotopic (exact) mass is 287 g/mol. The summed E-state index contributed by atoms with van der Waals surface area (Å²) in [5.41, 5.74) is 4.17. The zero-order valence-corrected chi connectivity index (χ0v) is 10.7. The number of halogens is 3. The number of nitrogen functional groups attached to an aromatic ring is 1. The van der Waals surface area contributed by atoms with Crippen LogP contribution in [-0.4, -0.2) is 15.0 Å². The maximum absolute atomic E-state index is 12.6. The van der Waals surface area contributed by atoms with Crippen molar-refractivity contribution in [1.29, 1.82) is 0 Å². The third kappa shape index (κ3) is 3.16. The summed E-state index contributed by atoms with van der Waals surface area (Å²) in [5, 5.41) is 2.74. The van der Waals surface area contributed by atoms with Gasteiger partial charge in [0.2, 0.25) is 11.8 Å². The predicted molar refractivity (Wildman–Crippen MR) is 64.7 cm³/mol. The van der Waals surface area contributed by atoms with Crippen LogP contribution in [0.4, 0.5) is 24.9 Å². The van der Waals surface area contributed by atoms with Gasteiger partial charge >= 0.3 is 6.18 Å². The van der Waals surface area contributed by atoms with Gasteiger partial charge in [0, 0.05) is 6.07 Å². The number of nitrogens with two attached hydrogens (primary N) is 1. The van der Waals surface area contributed by atoms with Gasteiger partial charge in [0.05, 0.1) is 6.20 Å². The zero-order chi connectivity index (χ0) is 14.9. The Morgan fingerprint density at radius 1 is 1.35 bits per heavy atom. The molecule has 108 valence electrons. The molecule has 6 nitrogen and oxygen atoms in total. The summed E-state index contributed by atoms with van der Waals surface area (Å²) in [6.45, 7) is 3.39. The highest BCUT2D eigenvalue weighted by molar-refractivity contribution is 5.42.